The van der Waals surface area contributed by atoms with Crippen molar-refractivity contribution in [3.8, 4) is 0 Å². The monoisotopic (exact) mass is 273 g/mol. The molecule has 2 rings (SSSR count). The summed E-state index contributed by atoms with van der Waals surface area (Å²) < 4.78 is 13.4. The Morgan fingerprint density at radius 1 is 1.15 bits per heavy atom. The molecule has 3 heteroatoms. The SMILES string of the molecule is CCN(Cc1ccccc1)c1ccc(F)cc1C(C)O. The van der Waals surface area contributed by atoms with E-state index in [1.165, 1.54) is 17.7 Å². The molecule has 2 nitrogen and oxygen atoms in total. The van der Waals surface area contributed by atoms with E-state index in [4.69, 9.17) is 0 Å². The Morgan fingerprint density at radius 2 is 1.85 bits per heavy atom. The topological polar surface area (TPSA) is 23.5 Å². The first-order chi connectivity index (χ1) is 9.61. The summed E-state index contributed by atoms with van der Waals surface area (Å²) in [6, 6.07) is 14.7. The van der Waals surface area contributed by atoms with Crippen LogP contribution in [0.2, 0.25) is 0 Å². The molecule has 1 N–H and O–H groups in total. The average Bonchev–Trinajstić information content (AvgIpc) is 2.46. The first kappa shape index (κ1) is 14.5. The van der Waals surface area contributed by atoms with Gasteiger partial charge >= 0.3 is 0 Å². The van der Waals surface area contributed by atoms with Gasteiger partial charge in [0.1, 0.15) is 5.82 Å². The molecule has 0 saturated carbocycles. The fourth-order valence-corrected chi connectivity index (χ4v) is 2.32. The van der Waals surface area contributed by atoms with Crippen LogP contribution in [0.25, 0.3) is 0 Å². The van der Waals surface area contributed by atoms with Crippen molar-refractivity contribution >= 4 is 5.69 Å². The lowest BCUT2D eigenvalue weighted by Crippen LogP contribution is -2.23. The van der Waals surface area contributed by atoms with E-state index in [0.717, 1.165) is 18.8 Å². The molecule has 20 heavy (non-hydrogen) atoms. The summed E-state index contributed by atoms with van der Waals surface area (Å²) in [5.41, 5.74) is 2.70. The van der Waals surface area contributed by atoms with Gasteiger partial charge in [0.25, 0.3) is 0 Å². The molecule has 0 saturated heterocycles. The van der Waals surface area contributed by atoms with Gasteiger partial charge in [0.05, 0.1) is 6.10 Å². The first-order valence-electron chi connectivity index (χ1n) is 6.88. The largest absolute Gasteiger partial charge is 0.389 e. The van der Waals surface area contributed by atoms with E-state index in [2.05, 4.69) is 24.0 Å². The highest BCUT2D eigenvalue weighted by atomic mass is 19.1. The summed E-state index contributed by atoms with van der Waals surface area (Å²) in [4.78, 5) is 2.14. The number of hydrogen-bond acceptors (Lipinski definition) is 2. The molecule has 0 fully saturated rings. The van der Waals surface area contributed by atoms with Crippen LogP contribution in [-0.2, 0) is 6.54 Å². The third-order valence-electron chi connectivity index (χ3n) is 3.38. The van der Waals surface area contributed by atoms with Gasteiger partial charge in [0.15, 0.2) is 0 Å². The highest BCUT2D eigenvalue weighted by molar-refractivity contribution is 5.55. The van der Waals surface area contributed by atoms with Crippen LogP contribution >= 0.6 is 0 Å². The van der Waals surface area contributed by atoms with E-state index >= 15 is 0 Å². The van der Waals surface area contributed by atoms with Crippen molar-refractivity contribution in [3.05, 3.63) is 65.5 Å². The molecule has 0 radical (unpaired) electrons. The Bertz CT molecular complexity index is 554. The van der Waals surface area contributed by atoms with E-state index in [-0.39, 0.29) is 5.82 Å². The average molecular weight is 273 g/mol. The normalized spacial score (nSPS) is 12.2. The maximum absolute atomic E-state index is 13.4. The van der Waals surface area contributed by atoms with Crippen LogP contribution in [0.3, 0.4) is 0 Å². The van der Waals surface area contributed by atoms with Gasteiger partial charge < -0.3 is 10.0 Å². The molecule has 0 amide bonds. The molecular formula is C17H20FNO. The molecule has 0 aliphatic carbocycles. The number of aliphatic hydroxyl groups is 1. The number of aliphatic hydroxyl groups excluding tert-OH is 1. The number of nitrogens with zero attached hydrogens (tertiary/aromatic N) is 1. The lowest BCUT2D eigenvalue weighted by Gasteiger charge is -2.27. The van der Waals surface area contributed by atoms with Gasteiger partial charge in [-0.2, -0.15) is 0 Å². The van der Waals surface area contributed by atoms with Crippen LogP contribution in [0.1, 0.15) is 31.1 Å². The zero-order valence-electron chi connectivity index (χ0n) is 11.9. The van der Waals surface area contributed by atoms with Gasteiger partial charge in [-0.25, -0.2) is 4.39 Å². The molecule has 0 aliphatic rings. The predicted molar refractivity (Wildman–Crippen MR) is 80.2 cm³/mol. The Kier molecular flexibility index (Phi) is 4.74. The van der Waals surface area contributed by atoms with Crippen LogP contribution < -0.4 is 4.90 Å². The minimum absolute atomic E-state index is 0.319. The van der Waals surface area contributed by atoms with Crippen LogP contribution in [0, 0.1) is 5.82 Å². The quantitative estimate of drug-likeness (QED) is 0.893. The Balaban J connectivity index is 2.32. The van der Waals surface area contributed by atoms with Crippen molar-refractivity contribution in [2.24, 2.45) is 0 Å². The van der Waals surface area contributed by atoms with Crippen LogP contribution in [0.15, 0.2) is 48.5 Å². The van der Waals surface area contributed by atoms with Gasteiger partial charge in [-0.05, 0) is 37.6 Å². The number of hydrogen-bond donors (Lipinski definition) is 1. The Morgan fingerprint density at radius 3 is 2.45 bits per heavy atom. The maximum atomic E-state index is 13.4. The second-order valence-corrected chi connectivity index (χ2v) is 4.88. The van der Waals surface area contributed by atoms with E-state index < -0.39 is 6.10 Å². The summed E-state index contributed by atoms with van der Waals surface area (Å²) in [6.45, 7) is 5.25. The molecule has 0 aliphatic heterocycles. The third-order valence-corrected chi connectivity index (χ3v) is 3.38. The van der Waals surface area contributed by atoms with Crippen LogP contribution in [0.4, 0.5) is 10.1 Å². The number of rotatable bonds is 5. The Labute approximate surface area is 119 Å². The lowest BCUT2D eigenvalue weighted by atomic mass is 10.1. The van der Waals surface area contributed by atoms with Gasteiger partial charge in [-0.15, -0.1) is 0 Å². The molecule has 106 valence electrons. The van der Waals surface area contributed by atoms with Crippen LogP contribution in [0.5, 0.6) is 0 Å². The van der Waals surface area contributed by atoms with Gasteiger partial charge in [-0.3, -0.25) is 0 Å². The van der Waals surface area contributed by atoms with E-state index in [1.54, 1.807) is 13.0 Å². The molecule has 0 aromatic heterocycles. The molecule has 0 bridgehead atoms. The van der Waals surface area contributed by atoms with Crippen molar-refractivity contribution in [3.63, 3.8) is 0 Å². The van der Waals surface area contributed by atoms with Crippen LogP contribution in [-0.4, -0.2) is 11.7 Å². The molecular weight excluding hydrogens is 253 g/mol. The maximum Gasteiger partial charge on any atom is 0.123 e. The van der Waals surface area contributed by atoms with Gasteiger partial charge in [0, 0.05) is 24.3 Å². The fourth-order valence-electron chi connectivity index (χ4n) is 2.32. The molecule has 1 unspecified atom stereocenters. The third kappa shape index (κ3) is 3.36. The summed E-state index contributed by atoms with van der Waals surface area (Å²) in [5, 5.41) is 9.85. The summed E-state index contributed by atoms with van der Waals surface area (Å²) in [5.74, 6) is -0.319. The summed E-state index contributed by atoms with van der Waals surface area (Å²) in [6.07, 6.45) is -0.689. The van der Waals surface area contributed by atoms with Gasteiger partial charge in [0.2, 0.25) is 0 Å². The molecule has 2 aromatic carbocycles. The molecule has 1 atom stereocenters. The van der Waals surface area contributed by atoms with Crippen molar-refractivity contribution in [1.82, 2.24) is 0 Å². The second kappa shape index (κ2) is 6.53. The van der Waals surface area contributed by atoms with Crippen molar-refractivity contribution in [2.45, 2.75) is 26.5 Å². The standard InChI is InChI=1S/C17H20FNO/c1-3-19(12-14-7-5-4-6-8-14)17-10-9-15(18)11-16(17)13(2)20/h4-11,13,20H,3,12H2,1-2H3. The number of benzene rings is 2. The Hall–Kier alpha value is -1.87. The van der Waals surface area contributed by atoms with E-state index in [9.17, 15) is 9.50 Å². The summed E-state index contributed by atoms with van der Waals surface area (Å²) >= 11 is 0. The zero-order chi connectivity index (χ0) is 14.5. The van der Waals surface area contributed by atoms with Crippen molar-refractivity contribution < 1.29 is 9.50 Å². The van der Waals surface area contributed by atoms with E-state index in [1.807, 2.05) is 18.2 Å². The lowest BCUT2D eigenvalue weighted by molar-refractivity contribution is 0.199. The van der Waals surface area contributed by atoms with Crippen molar-refractivity contribution in [1.29, 1.82) is 0 Å². The zero-order valence-corrected chi connectivity index (χ0v) is 11.9. The van der Waals surface area contributed by atoms with Crippen molar-refractivity contribution in [2.75, 3.05) is 11.4 Å². The highest BCUT2D eigenvalue weighted by Crippen LogP contribution is 2.28. The number of anilines is 1. The second-order valence-electron chi connectivity index (χ2n) is 4.88. The fraction of sp³-hybridized carbons (Fsp3) is 0.294. The minimum Gasteiger partial charge on any atom is -0.389 e. The molecule has 0 spiro atoms. The highest BCUT2D eigenvalue weighted by Gasteiger charge is 2.14. The smallest absolute Gasteiger partial charge is 0.123 e. The van der Waals surface area contributed by atoms with E-state index in [0.29, 0.717) is 5.56 Å². The number of halogens is 1. The predicted octanol–water partition coefficient (Wildman–Crippen LogP) is 3.91. The molecule has 2 aromatic rings. The minimum atomic E-state index is -0.689. The summed E-state index contributed by atoms with van der Waals surface area (Å²) in [7, 11) is 0. The first-order valence-corrected chi connectivity index (χ1v) is 6.88. The van der Waals surface area contributed by atoms with Gasteiger partial charge in [-0.1, -0.05) is 30.3 Å². The molecule has 0 heterocycles.